The third-order valence-corrected chi connectivity index (χ3v) is 2.76. The molecule has 1 aliphatic heterocycles. The van der Waals surface area contributed by atoms with E-state index < -0.39 is 12.7 Å². The lowest BCUT2D eigenvalue weighted by Crippen LogP contribution is -2.34. The van der Waals surface area contributed by atoms with Gasteiger partial charge in [0.15, 0.2) is 0 Å². The van der Waals surface area contributed by atoms with Gasteiger partial charge in [0, 0.05) is 6.54 Å². The molecule has 96 valence electrons. The van der Waals surface area contributed by atoms with Crippen molar-refractivity contribution in [2.75, 3.05) is 32.7 Å². The zero-order valence-electron chi connectivity index (χ0n) is 9.98. The minimum atomic E-state index is -4.06. The summed E-state index contributed by atoms with van der Waals surface area (Å²) in [5.74, 6) is 0.966. The number of hydrogen-bond donors (Lipinski definition) is 1. The Balaban J connectivity index is 2.15. The molecule has 0 radical (unpaired) electrons. The number of alkyl halides is 3. The van der Waals surface area contributed by atoms with Crippen molar-refractivity contribution in [1.82, 2.24) is 10.2 Å². The topological polar surface area (TPSA) is 15.3 Å². The summed E-state index contributed by atoms with van der Waals surface area (Å²) in [6.45, 7) is 6.42. The van der Waals surface area contributed by atoms with Gasteiger partial charge in [0.25, 0.3) is 0 Å². The van der Waals surface area contributed by atoms with Crippen LogP contribution in [0.1, 0.15) is 20.3 Å². The van der Waals surface area contributed by atoms with E-state index in [4.69, 9.17) is 0 Å². The van der Waals surface area contributed by atoms with E-state index >= 15 is 0 Å². The minimum absolute atomic E-state index is 0.376. The fourth-order valence-corrected chi connectivity index (χ4v) is 2.05. The molecule has 0 spiro atoms. The molecule has 1 aliphatic rings. The van der Waals surface area contributed by atoms with Gasteiger partial charge in [-0.25, -0.2) is 0 Å². The predicted molar refractivity (Wildman–Crippen MR) is 58.3 cm³/mol. The Morgan fingerprint density at radius 2 is 2.06 bits per heavy atom. The quantitative estimate of drug-likeness (QED) is 0.789. The first-order chi connectivity index (χ1) is 7.37. The second kappa shape index (κ2) is 5.87. The minimum Gasteiger partial charge on any atom is -0.316 e. The third-order valence-electron chi connectivity index (χ3n) is 2.76. The van der Waals surface area contributed by atoms with Gasteiger partial charge in [-0.05, 0) is 37.9 Å². The average molecular weight is 238 g/mol. The number of rotatable bonds is 5. The van der Waals surface area contributed by atoms with Crippen LogP contribution in [0.15, 0.2) is 0 Å². The largest absolute Gasteiger partial charge is 0.401 e. The molecule has 2 nitrogen and oxygen atoms in total. The molecule has 0 aliphatic carbocycles. The highest BCUT2D eigenvalue weighted by atomic mass is 19.4. The van der Waals surface area contributed by atoms with Crippen LogP contribution in [0, 0.1) is 11.8 Å². The Bertz CT molecular complexity index is 204. The molecule has 1 rings (SSSR count). The van der Waals surface area contributed by atoms with Crippen molar-refractivity contribution in [2.24, 2.45) is 11.8 Å². The first-order valence-corrected chi connectivity index (χ1v) is 5.86. The van der Waals surface area contributed by atoms with Gasteiger partial charge in [-0.1, -0.05) is 13.8 Å². The molecule has 1 unspecified atom stereocenters. The zero-order valence-corrected chi connectivity index (χ0v) is 9.98. The van der Waals surface area contributed by atoms with Crippen LogP contribution < -0.4 is 5.32 Å². The Morgan fingerprint density at radius 3 is 2.62 bits per heavy atom. The highest BCUT2D eigenvalue weighted by Crippen LogP contribution is 2.22. The Labute approximate surface area is 95.2 Å². The molecule has 0 aromatic rings. The van der Waals surface area contributed by atoms with Gasteiger partial charge >= 0.3 is 6.18 Å². The first-order valence-electron chi connectivity index (χ1n) is 5.86. The molecule has 1 atom stereocenters. The maximum atomic E-state index is 12.1. The average Bonchev–Trinajstić information content (AvgIpc) is 2.48. The van der Waals surface area contributed by atoms with E-state index in [1.54, 1.807) is 0 Å². The molecule has 1 heterocycles. The molecule has 1 fully saturated rings. The SMILES string of the molecule is CC(C)CNCC1CCN(CC(F)(F)F)C1. The summed E-state index contributed by atoms with van der Waals surface area (Å²) in [7, 11) is 0. The molecule has 0 amide bonds. The van der Waals surface area contributed by atoms with Gasteiger partial charge in [0.05, 0.1) is 6.54 Å². The monoisotopic (exact) mass is 238 g/mol. The fourth-order valence-electron chi connectivity index (χ4n) is 2.05. The Morgan fingerprint density at radius 1 is 1.38 bits per heavy atom. The first kappa shape index (κ1) is 13.8. The molecule has 5 heteroatoms. The van der Waals surface area contributed by atoms with Crippen molar-refractivity contribution < 1.29 is 13.2 Å². The van der Waals surface area contributed by atoms with Gasteiger partial charge in [-0.3, -0.25) is 4.90 Å². The van der Waals surface area contributed by atoms with Crippen molar-refractivity contribution in [2.45, 2.75) is 26.4 Å². The summed E-state index contributed by atoms with van der Waals surface area (Å²) >= 11 is 0. The van der Waals surface area contributed by atoms with E-state index in [2.05, 4.69) is 19.2 Å². The van der Waals surface area contributed by atoms with Crippen molar-refractivity contribution in [3.8, 4) is 0 Å². The normalized spacial score (nSPS) is 23.2. The van der Waals surface area contributed by atoms with Crippen LogP contribution in [0.25, 0.3) is 0 Å². The summed E-state index contributed by atoms with van der Waals surface area (Å²) < 4.78 is 36.4. The van der Waals surface area contributed by atoms with Gasteiger partial charge < -0.3 is 5.32 Å². The maximum Gasteiger partial charge on any atom is 0.401 e. The highest BCUT2D eigenvalue weighted by molar-refractivity contribution is 4.78. The van der Waals surface area contributed by atoms with Crippen molar-refractivity contribution in [1.29, 1.82) is 0 Å². The molecular weight excluding hydrogens is 217 g/mol. The zero-order chi connectivity index (χ0) is 12.2. The van der Waals surface area contributed by atoms with Crippen LogP contribution in [0.5, 0.6) is 0 Å². The lowest BCUT2D eigenvalue weighted by molar-refractivity contribution is -0.143. The summed E-state index contributed by atoms with van der Waals surface area (Å²) in [5, 5.41) is 3.30. The van der Waals surface area contributed by atoms with E-state index in [9.17, 15) is 13.2 Å². The van der Waals surface area contributed by atoms with E-state index in [1.807, 2.05) is 0 Å². The summed E-state index contributed by atoms with van der Waals surface area (Å²) in [4.78, 5) is 1.50. The summed E-state index contributed by atoms with van der Waals surface area (Å²) in [5.41, 5.74) is 0. The number of hydrogen-bond acceptors (Lipinski definition) is 2. The molecule has 0 saturated carbocycles. The molecule has 0 aromatic carbocycles. The number of nitrogens with one attached hydrogen (secondary N) is 1. The van der Waals surface area contributed by atoms with Gasteiger partial charge in [0.1, 0.15) is 0 Å². The molecule has 1 saturated heterocycles. The van der Waals surface area contributed by atoms with Crippen molar-refractivity contribution in [3.63, 3.8) is 0 Å². The summed E-state index contributed by atoms with van der Waals surface area (Å²) in [6, 6.07) is 0. The van der Waals surface area contributed by atoms with E-state index in [0.717, 1.165) is 19.5 Å². The maximum absolute atomic E-state index is 12.1. The number of nitrogens with zero attached hydrogens (tertiary/aromatic N) is 1. The predicted octanol–water partition coefficient (Wildman–Crippen LogP) is 2.12. The lowest BCUT2D eigenvalue weighted by atomic mass is 10.1. The van der Waals surface area contributed by atoms with Crippen LogP contribution in [-0.2, 0) is 0 Å². The van der Waals surface area contributed by atoms with Crippen LogP contribution in [0.3, 0.4) is 0 Å². The van der Waals surface area contributed by atoms with E-state index in [1.165, 1.54) is 4.90 Å². The van der Waals surface area contributed by atoms with Gasteiger partial charge in [-0.2, -0.15) is 13.2 Å². The molecule has 0 bridgehead atoms. The fraction of sp³-hybridized carbons (Fsp3) is 1.00. The molecule has 16 heavy (non-hydrogen) atoms. The van der Waals surface area contributed by atoms with Crippen LogP contribution in [0.4, 0.5) is 13.2 Å². The molecule has 1 N–H and O–H groups in total. The highest BCUT2D eigenvalue weighted by Gasteiger charge is 2.34. The molecule has 0 aromatic heterocycles. The van der Waals surface area contributed by atoms with Gasteiger partial charge in [-0.15, -0.1) is 0 Å². The van der Waals surface area contributed by atoms with Crippen molar-refractivity contribution in [3.05, 3.63) is 0 Å². The summed E-state index contributed by atoms with van der Waals surface area (Å²) in [6.07, 6.45) is -3.18. The standard InChI is InChI=1S/C11H21F3N2/c1-9(2)5-15-6-10-3-4-16(7-10)8-11(12,13)14/h9-10,15H,3-8H2,1-2H3. The van der Waals surface area contributed by atoms with Crippen molar-refractivity contribution >= 4 is 0 Å². The van der Waals surface area contributed by atoms with E-state index in [-0.39, 0.29) is 0 Å². The van der Waals surface area contributed by atoms with E-state index in [0.29, 0.717) is 24.9 Å². The van der Waals surface area contributed by atoms with Crippen LogP contribution in [0.2, 0.25) is 0 Å². The third kappa shape index (κ3) is 5.70. The number of halogens is 3. The Hall–Kier alpha value is -0.290. The van der Waals surface area contributed by atoms with Crippen LogP contribution in [-0.4, -0.2) is 43.8 Å². The second-order valence-electron chi connectivity index (χ2n) is 5.06. The van der Waals surface area contributed by atoms with Gasteiger partial charge in [0.2, 0.25) is 0 Å². The molecular formula is C11H21F3N2. The number of likely N-dealkylation sites (tertiary alicyclic amines) is 1. The smallest absolute Gasteiger partial charge is 0.316 e. The second-order valence-corrected chi connectivity index (χ2v) is 5.06. The van der Waals surface area contributed by atoms with Crippen LogP contribution >= 0.6 is 0 Å². The Kier molecular flexibility index (Phi) is 5.05. The lowest BCUT2D eigenvalue weighted by Gasteiger charge is -2.18.